The Morgan fingerprint density at radius 1 is 0.872 bits per heavy atom. The van der Waals surface area contributed by atoms with Crippen molar-refractivity contribution in [1.82, 2.24) is 10.6 Å². The number of hydrogen-bond acceptors (Lipinski definition) is 5. The Kier molecular flexibility index (Phi) is 10.5. The van der Waals surface area contributed by atoms with Crippen LogP contribution in [-0.2, 0) is 22.5 Å². The Labute approximate surface area is 281 Å². The number of methoxy groups -OCH3 is 1. The summed E-state index contributed by atoms with van der Waals surface area (Å²) in [4.78, 5) is 26.3. The normalized spacial score (nSPS) is 14.0. The number of carbonyl (C=O) groups excluding carboxylic acids is 2. The quantitative estimate of drug-likeness (QED) is 0.126. The maximum Gasteiger partial charge on any atom is 0.307 e. The molecule has 1 aliphatic rings. The van der Waals surface area contributed by atoms with Crippen LogP contribution in [0.15, 0.2) is 109 Å². The van der Waals surface area contributed by atoms with E-state index in [4.69, 9.17) is 16.3 Å². The van der Waals surface area contributed by atoms with E-state index in [2.05, 4.69) is 82.7 Å². The minimum absolute atomic E-state index is 0.00565. The first-order chi connectivity index (χ1) is 23.0. The second-order valence-electron chi connectivity index (χ2n) is 12.2. The van der Waals surface area contributed by atoms with Crippen LogP contribution in [0.5, 0.6) is 0 Å². The highest BCUT2D eigenvalue weighted by Gasteiger charge is 2.22. The van der Waals surface area contributed by atoms with E-state index in [1.54, 1.807) is 12.1 Å². The van der Waals surface area contributed by atoms with Crippen LogP contribution in [0.25, 0.3) is 21.9 Å². The number of ether oxygens (including phenoxy) is 1. The van der Waals surface area contributed by atoms with Gasteiger partial charge in [0.2, 0.25) is 0 Å². The number of esters is 1. The molecule has 5 aromatic carbocycles. The summed E-state index contributed by atoms with van der Waals surface area (Å²) in [6, 6.07) is 35.8. The fourth-order valence-electron chi connectivity index (χ4n) is 6.41. The zero-order valence-electron chi connectivity index (χ0n) is 26.6. The maximum atomic E-state index is 13.8. The molecule has 6 nitrogen and oxygen atoms in total. The van der Waals surface area contributed by atoms with Gasteiger partial charge in [0.1, 0.15) is 0 Å². The van der Waals surface area contributed by atoms with Crippen molar-refractivity contribution < 1.29 is 14.3 Å². The number of halogens is 1. The minimum Gasteiger partial charge on any atom is -0.469 e. The number of amides is 1. The topological polar surface area (TPSA) is 79.5 Å². The predicted molar refractivity (Wildman–Crippen MR) is 191 cm³/mol. The van der Waals surface area contributed by atoms with Crippen LogP contribution in [0.3, 0.4) is 0 Å². The molecule has 3 N–H and O–H groups in total. The van der Waals surface area contributed by atoms with Crippen molar-refractivity contribution >= 4 is 39.9 Å². The zero-order valence-corrected chi connectivity index (χ0v) is 27.4. The van der Waals surface area contributed by atoms with Gasteiger partial charge in [0.15, 0.2) is 0 Å². The van der Waals surface area contributed by atoms with Crippen LogP contribution in [0, 0.1) is 5.92 Å². The summed E-state index contributed by atoms with van der Waals surface area (Å²) in [5.41, 5.74) is 6.62. The third kappa shape index (κ3) is 8.20. The molecule has 47 heavy (non-hydrogen) atoms. The molecule has 1 heterocycles. The molecule has 0 bridgehead atoms. The molecule has 5 aromatic rings. The van der Waals surface area contributed by atoms with Gasteiger partial charge in [-0.2, -0.15) is 0 Å². The highest BCUT2D eigenvalue weighted by molar-refractivity contribution is 6.31. The molecule has 1 aliphatic heterocycles. The first kappa shape index (κ1) is 32.3. The fourth-order valence-corrected chi connectivity index (χ4v) is 6.59. The van der Waals surface area contributed by atoms with Crippen molar-refractivity contribution in [2.45, 2.75) is 38.3 Å². The predicted octanol–water partition coefficient (Wildman–Crippen LogP) is 8.35. The molecule has 6 rings (SSSR count). The van der Waals surface area contributed by atoms with Crippen LogP contribution in [0.1, 0.15) is 52.4 Å². The van der Waals surface area contributed by atoms with E-state index in [1.807, 2.05) is 30.3 Å². The number of fused-ring (bicyclic) bond motifs is 1. The lowest BCUT2D eigenvalue weighted by atomic mass is 9.87. The van der Waals surface area contributed by atoms with E-state index in [1.165, 1.54) is 36.5 Å². The van der Waals surface area contributed by atoms with Crippen LogP contribution in [0.4, 0.5) is 5.69 Å². The standard InChI is InChI=1S/C40H40ClN3O3/c1-47-39(45)25-38(31-14-12-30(13-15-31)35-9-5-4-8-33(35)22-27-18-20-42-21-19-27)44-40(46)36-24-34(41)16-17-37(36)43-26-28-10-11-29-6-2-3-7-32(29)23-28/h2-17,23-24,27,38,42-43H,18-22,25-26H2,1H3,(H,44,46). The van der Waals surface area contributed by atoms with Crippen molar-refractivity contribution in [3.8, 4) is 11.1 Å². The Bertz CT molecular complexity index is 1850. The van der Waals surface area contributed by atoms with Gasteiger partial charge in [-0.3, -0.25) is 9.59 Å². The summed E-state index contributed by atoms with van der Waals surface area (Å²) in [7, 11) is 1.36. The van der Waals surface area contributed by atoms with E-state index in [0.29, 0.717) is 28.7 Å². The molecule has 0 radical (unpaired) electrons. The Hall–Kier alpha value is -4.65. The smallest absolute Gasteiger partial charge is 0.307 e. The molecule has 1 atom stereocenters. The lowest BCUT2D eigenvalue weighted by molar-refractivity contribution is -0.141. The third-order valence-corrected chi connectivity index (χ3v) is 9.27. The van der Waals surface area contributed by atoms with Crippen LogP contribution < -0.4 is 16.0 Å². The number of nitrogens with one attached hydrogen (secondary N) is 3. The monoisotopic (exact) mass is 645 g/mol. The molecular formula is C40H40ClN3O3. The van der Waals surface area contributed by atoms with Crippen molar-refractivity contribution in [3.63, 3.8) is 0 Å². The average molecular weight is 646 g/mol. The molecule has 0 saturated carbocycles. The Morgan fingerprint density at radius 2 is 1.62 bits per heavy atom. The largest absolute Gasteiger partial charge is 0.469 e. The highest BCUT2D eigenvalue weighted by atomic mass is 35.5. The van der Waals surface area contributed by atoms with Crippen molar-refractivity contribution in [3.05, 3.63) is 136 Å². The maximum absolute atomic E-state index is 13.8. The lowest BCUT2D eigenvalue weighted by Crippen LogP contribution is -2.31. The SMILES string of the molecule is COC(=O)CC(NC(=O)c1cc(Cl)ccc1NCc1ccc2ccccc2c1)c1ccc(-c2ccccc2CC2CCNCC2)cc1. The molecule has 1 amide bonds. The molecule has 1 fully saturated rings. The van der Waals surface area contributed by atoms with E-state index in [9.17, 15) is 9.59 Å². The van der Waals surface area contributed by atoms with Gasteiger partial charge in [-0.1, -0.05) is 96.5 Å². The second-order valence-corrected chi connectivity index (χ2v) is 12.6. The Balaban J connectivity index is 1.20. The van der Waals surface area contributed by atoms with Crippen LogP contribution in [0.2, 0.25) is 5.02 Å². The highest BCUT2D eigenvalue weighted by Crippen LogP contribution is 2.30. The van der Waals surface area contributed by atoms with Crippen molar-refractivity contribution in [2.75, 3.05) is 25.5 Å². The van der Waals surface area contributed by atoms with Crippen LogP contribution >= 0.6 is 11.6 Å². The number of piperidine rings is 1. The molecule has 0 spiro atoms. The molecule has 0 aromatic heterocycles. The first-order valence-corrected chi connectivity index (χ1v) is 16.6. The summed E-state index contributed by atoms with van der Waals surface area (Å²) < 4.78 is 5.00. The molecule has 0 aliphatic carbocycles. The van der Waals surface area contributed by atoms with Crippen molar-refractivity contribution in [2.24, 2.45) is 5.92 Å². The van der Waals surface area contributed by atoms with E-state index in [0.717, 1.165) is 41.6 Å². The molecule has 1 unspecified atom stereocenters. The fraction of sp³-hybridized carbons (Fsp3) is 0.250. The number of anilines is 1. The zero-order chi connectivity index (χ0) is 32.6. The van der Waals surface area contributed by atoms with E-state index < -0.39 is 12.0 Å². The average Bonchev–Trinajstić information content (AvgIpc) is 3.11. The summed E-state index contributed by atoms with van der Waals surface area (Å²) in [6.07, 6.45) is 3.43. The molecular weight excluding hydrogens is 606 g/mol. The van der Waals surface area contributed by atoms with Gasteiger partial charge >= 0.3 is 5.97 Å². The van der Waals surface area contributed by atoms with Gasteiger partial charge in [0.25, 0.3) is 5.91 Å². The van der Waals surface area contributed by atoms with Gasteiger partial charge in [-0.15, -0.1) is 0 Å². The van der Waals surface area contributed by atoms with Gasteiger partial charge < -0.3 is 20.7 Å². The second kappa shape index (κ2) is 15.3. The van der Waals surface area contributed by atoms with Gasteiger partial charge in [0, 0.05) is 17.3 Å². The molecule has 240 valence electrons. The van der Waals surface area contributed by atoms with Gasteiger partial charge in [0.05, 0.1) is 25.1 Å². The Morgan fingerprint density at radius 3 is 2.40 bits per heavy atom. The summed E-state index contributed by atoms with van der Waals surface area (Å²) in [5.74, 6) is -0.0685. The van der Waals surface area contributed by atoms with E-state index in [-0.39, 0.29) is 12.3 Å². The van der Waals surface area contributed by atoms with Crippen molar-refractivity contribution in [1.29, 1.82) is 0 Å². The first-order valence-electron chi connectivity index (χ1n) is 16.2. The number of rotatable bonds is 11. The van der Waals surface area contributed by atoms with Gasteiger partial charge in [-0.25, -0.2) is 0 Å². The molecule has 1 saturated heterocycles. The summed E-state index contributed by atoms with van der Waals surface area (Å²) in [5, 5.41) is 12.7. The minimum atomic E-state index is -0.596. The number of benzene rings is 5. The third-order valence-electron chi connectivity index (χ3n) is 9.04. The number of hydrogen-bond donors (Lipinski definition) is 3. The summed E-state index contributed by atoms with van der Waals surface area (Å²) >= 11 is 6.37. The lowest BCUT2D eigenvalue weighted by Gasteiger charge is -2.24. The van der Waals surface area contributed by atoms with E-state index >= 15 is 0 Å². The van der Waals surface area contributed by atoms with Crippen LogP contribution in [-0.4, -0.2) is 32.1 Å². The molecule has 7 heteroatoms. The number of carbonyl (C=O) groups is 2. The summed E-state index contributed by atoms with van der Waals surface area (Å²) in [6.45, 7) is 2.68. The van der Waals surface area contributed by atoms with Gasteiger partial charge in [-0.05, 0) is 101 Å².